The summed E-state index contributed by atoms with van der Waals surface area (Å²) in [4.78, 5) is 33.2. The van der Waals surface area contributed by atoms with E-state index in [9.17, 15) is 19.8 Å². The third-order valence-corrected chi connectivity index (χ3v) is 21.7. The molecule has 22 heteroatoms. The Kier molecular flexibility index (Phi) is 22.9. The van der Waals surface area contributed by atoms with Crippen LogP contribution in [0, 0.1) is 11.8 Å². The van der Waals surface area contributed by atoms with Gasteiger partial charge in [0, 0.05) is 45.0 Å². The molecule has 1 unspecified atom stereocenters. The molecule has 2 aromatic rings. The minimum absolute atomic E-state index is 0.0388. The number of nitrogens with one attached hydrogen (secondary N) is 1. The molecule has 2 bridgehead atoms. The van der Waals surface area contributed by atoms with Gasteiger partial charge >= 0.3 is 11.9 Å². The number of aromatic nitrogens is 4. The number of carbonyl (C=O) groups excluding carboxylic acids is 2. The van der Waals surface area contributed by atoms with Crippen molar-refractivity contribution in [2.45, 2.75) is 255 Å². The number of methoxy groups -OCH3 is 1. The van der Waals surface area contributed by atoms with E-state index in [-0.39, 0.29) is 54.4 Å². The van der Waals surface area contributed by atoms with Crippen LogP contribution in [0.25, 0.3) is 5.69 Å². The molecule has 2 aromatic heterocycles. The van der Waals surface area contributed by atoms with Crippen molar-refractivity contribution in [2.24, 2.45) is 11.8 Å². The number of fused-ring (bicyclic) bond motifs is 3. The first-order chi connectivity index (χ1) is 38.3. The number of hydrogen-bond acceptors (Lipinski definition) is 20. The van der Waals surface area contributed by atoms with Crippen molar-refractivity contribution in [1.29, 1.82) is 0 Å². The molecule has 5 aliphatic rings. The molecule has 20 atom stereocenters. The molecule has 0 saturated carbocycles. The summed E-state index contributed by atoms with van der Waals surface area (Å²) in [6.45, 7) is 22.2. The van der Waals surface area contributed by atoms with E-state index in [0.717, 1.165) is 18.5 Å². The lowest BCUT2D eigenvalue weighted by atomic mass is 9.82. The number of esters is 2. The average Bonchev–Trinajstić information content (AvgIpc) is 4.08. The van der Waals surface area contributed by atoms with Gasteiger partial charge in [-0.15, -0.1) is 5.10 Å². The Balaban J connectivity index is 1.10. The summed E-state index contributed by atoms with van der Waals surface area (Å²) in [6.07, 6.45) is 5.74. The fourth-order valence-electron chi connectivity index (χ4n) is 11.7. The number of carbonyl (C=O) groups is 2. The minimum atomic E-state index is -2.50. The van der Waals surface area contributed by atoms with Crippen LogP contribution in [0.1, 0.15) is 126 Å². The first-order valence-electron chi connectivity index (χ1n) is 29.3. The van der Waals surface area contributed by atoms with Crippen molar-refractivity contribution in [3.05, 3.63) is 60.7 Å². The topological polar surface area (TPSA) is 235 Å². The smallest absolute Gasteiger partial charge is 0.308 e. The largest absolute Gasteiger partial charge is 0.462 e. The minimum Gasteiger partial charge on any atom is -0.462 e. The van der Waals surface area contributed by atoms with Crippen LogP contribution in [0.5, 0.6) is 0 Å². The maximum absolute atomic E-state index is 14.0. The van der Waals surface area contributed by atoms with Crippen LogP contribution >= 0.6 is 0 Å². The van der Waals surface area contributed by atoms with Crippen LogP contribution in [0.4, 0.5) is 0 Å². The second-order valence-corrected chi connectivity index (χ2v) is 29.9. The number of likely N-dealkylation sites (N-methyl/N-ethyl adjacent to an activating group) is 2. The van der Waals surface area contributed by atoms with Gasteiger partial charge in [0.05, 0.1) is 72.9 Å². The maximum atomic E-state index is 14.0. The van der Waals surface area contributed by atoms with E-state index in [1.54, 1.807) is 44.2 Å². The third kappa shape index (κ3) is 17.1. The van der Waals surface area contributed by atoms with Crippen LogP contribution in [0.3, 0.4) is 0 Å². The molecule has 4 fully saturated rings. The lowest BCUT2D eigenvalue weighted by molar-refractivity contribution is -0.343. The summed E-state index contributed by atoms with van der Waals surface area (Å²) in [5.41, 5.74) is -0.0459. The number of ether oxygens (including phenoxy) is 10. The van der Waals surface area contributed by atoms with Gasteiger partial charge in [0.2, 0.25) is 0 Å². The number of cyclic esters (lactones) is 1. The quantitative estimate of drug-likeness (QED) is 0.110. The summed E-state index contributed by atoms with van der Waals surface area (Å²) in [5, 5.41) is 36.1. The normalized spacial score (nSPS) is 38.5. The monoisotopic (exact) mass is 1160 g/mol. The molecule has 7 rings (SSSR count). The molecular formula is C59H96N6O15Si. The molecule has 7 heterocycles. The summed E-state index contributed by atoms with van der Waals surface area (Å²) in [5.74, 6) is -1.41. The van der Waals surface area contributed by atoms with Crippen LogP contribution in [0.15, 0.2) is 55.0 Å². The lowest BCUT2D eigenvalue weighted by Crippen LogP contribution is -2.65. The van der Waals surface area contributed by atoms with Crippen molar-refractivity contribution < 1.29 is 71.6 Å². The second-order valence-electron chi connectivity index (χ2n) is 25.1. The van der Waals surface area contributed by atoms with Gasteiger partial charge in [0.25, 0.3) is 0 Å². The van der Waals surface area contributed by atoms with Gasteiger partial charge < -0.3 is 72.2 Å². The van der Waals surface area contributed by atoms with Crippen molar-refractivity contribution >= 4 is 20.3 Å². The molecule has 21 nitrogen and oxygen atoms in total. The number of hydrogen-bond donors (Lipinski definition) is 3. The van der Waals surface area contributed by atoms with E-state index >= 15 is 0 Å². The lowest BCUT2D eigenvalue weighted by Gasteiger charge is -2.50. The number of nitrogens with zero attached hydrogens (tertiary/aromatic N) is 5. The zero-order valence-electron chi connectivity index (χ0n) is 50.7. The highest BCUT2D eigenvalue weighted by Crippen LogP contribution is 2.44. The van der Waals surface area contributed by atoms with Gasteiger partial charge in [-0.25, -0.2) is 4.68 Å². The van der Waals surface area contributed by atoms with Gasteiger partial charge in [-0.1, -0.05) is 57.2 Å². The second kappa shape index (κ2) is 28.5. The van der Waals surface area contributed by atoms with Crippen molar-refractivity contribution in [2.75, 3.05) is 28.3 Å². The average molecular weight is 1160 g/mol. The Bertz CT molecular complexity index is 2360. The van der Waals surface area contributed by atoms with E-state index in [1.165, 1.54) is 0 Å². The third-order valence-electron chi connectivity index (χ3n) is 17.2. The Morgan fingerprint density at radius 1 is 0.951 bits per heavy atom. The summed E-state index contributed by atoms with van der Waals surface area (Å²) in [6, 6.07) is 3.20. The van der Waals surface area contributed by atoms with Crippen molar-refractivity contribution in [1.82, 2.24) is 30.2 Å². The zero-order valence-corrected chi connectivity index (χ0v) is 51.7. The van der Waals surface area contributed by atoms with Gasteiger partial charge in [0.1, 0.15) is 36.3 Å². The number of pyridine rings is 1. The number of aliphatic hydroxyl groups excluding tert-OH is 1. The van der Waals surface area contributed by atoms with Crippen LogP contribution in [-0.2, 0) is 67.8 Å². The molecule has 0 amide bonds. The highest BCUT2D eigenvalue weighted by Gasteiger charge is 2.54. The molecule has 456 valence electrons. The highest BCUT2D eigenvalue weighted by atomic mass is 28.4. The van der Waals surface area contributed by atoms with Gasteiger partial charge in [0.15, 0.2) is 33.3 Å². The molecule has 5 aliphatic heterocycles. The summed E-state index contributed by atoms with van der Waals surface area (Å²) >= 11 is 0. The Labute approximate surface area is 481 Å². The summed E-state index contributed by atoms with van der Waals surface area (Å²) in [7, 11) is 4.73. The molecule has 0 aromatic carbocycles. The molecule has 0 radical (unpaired) electrons. The van der Waals surface area contributed by atoms with Crippen LogP contribution < -0.4 is 5.32 Å². The first kappa shape index (κ1) is 65.0. The fraction of sp³-hybridized carbons (Fsp3) is 0.780. The predicted octanol–water partition coefficient (Wildman–Crippen LogP) is 6.72. The molecule has 81 heavy (non-hydrogen) atoms. The maximum Gasteiger partial charge on any atom is 0.308 e. The first-order valence-corrected chi connectivity index (χ1v) is 32.2. The molecular weight excluding hydrogens is 1060 g/mol. The number of aryl methyl sites for hydroxylation is 1. The Hall–Kier alpha value is -3.59. The Morgan fingerprint density at radius 3 is 2.37 bits per heavy atom. The SMILES string of the molecule is CN[C@H]1CC[C@H](O[C@H]2/C=C\C=C/C[C@@H](C)OC(=O)C[C@H]3OC(O[Si](C)(C)C(C)(C)C)C[C@@H](C[C@H]2C)[C@H](O[C@@H]2O[C@H](C)[C@@H](O[C@H]4C[C@@](C)(O)[C@@H](OC(=O)CCCc5cn(-c6cccnc6)nn5)[C@H](C)O4)[C@H](N(C)C)[C@H]2O)[C@H]3OC)O[C@@H]1C. The van der Waals surface area contributed by atoms with E-state index < -0.39 is 112 Å². The van der Waals surface area contributed by atoms with Gasteiger partial charge in [-0.2, -0.15) is 0 Å². The highest BCUT2D eigenvalue weighted by molar-refractivity contribution is 6.74. The van der Waals surface area contributed by atoms with Gasteiger partial charge in [-0.3, -0.25) is 14.6 Å². The number of allylic oxidation sites excluding steroid dienone is 2. The number of aliphatic hydroxyl groups is 2. The van der Waals surface area contributed by atoms with E-state index in [0.29, 0.717) is 37.8 Å². The van der Waals surface area contributed by atoms with Crippen LogP contribution in [0.2, 0.25) is 18.1 Å². The zero-order chi connectivity index (χ0) is 59.0. The van der Waals surface area contributed by atoms with Crippen molar-refractivity contribution in [3.8, 4) is 5.69 Å². The Morgan fingerprint density at radius 2 is 1.70 bits per heavy atom. The van der Waals surface area contributed by atoms with E-state index in [2.05, 4.69) is 74.4 Å². The van der Waals surface area contributed by atoms with Gasteiger partial charge in [-0.05, 0) is 130 Å². The fourth-order valence-corrected chi connectivity index (χ4v) is 12.9. The van der Waals surface area contributed by atoms with E-state index in [4.69, 9.17) is 51.8 Å². The predicted molar refractivity (Wildman–Crippen MR) is 303 cm³/mol. The molecule has 0 spiro atoms. The summed E-state index contributed by atoms with van der Waals surface area (Å²) < 4.78 is 74.5. The standard InChI is InChI=1S/C59H96N6O15Si/c1-35-29-40-30-49(80-81(14,15)58(6,7)8)76-45(31-47(67)71-36(2)21-17-16-18-24-44(35)75-48-27-26-43(60-10)37(3)72-48)55(70-13)54(40)79-57-52(68)51(64(11)12)53(38(4)74-57)78-50-32-59(9,69)56(39(5)73-50)77-46(66)25-19-22-41-34-65(63-62-41)42-23-20-28-61-33-42/h16-18,20,23-24,28,33-40,43-45,48-57,60,68-69H,19,21-22,25-27,29-32H2,1-15H3/b17-16-,24-18-/t35-,36-,37-,38-,39+,40-,43+,44+,45-,48+,49?,50+,51-,52-,53-,54+,55+,56+,57+,59-/m1/s1. The molecule has 0 aliphatic carbocycles. The van der Waals surface area contributed by atoms with Crippen molar-refractivity contribution in [3.63, 3.8) is 0 Å². The molecule has 3 N–H and O–H groups in total. The molecule has 4 saturated heterocycles. The van der Waals surface area contributed by atoms with Crippen LogP contribution in [-0.4, -0.2) is 194 Å². The number of rotatable bonds is 17. The van der Waals surface area contributed by atoms with E-state index in [1.807, 2.05) is 70.3 Å².